The van der Waals surface area contributed by atoms with Gasteiger partial charge in [-0.15, -0.1) is 0 Å². The van der Waals surface area contributed by atoms with Crippen LogP contribution in [0.2, 0.25) is 0 Å². The number of hydrogen-bond acceptors (Lipinski definition) is 4. The number of ether oxygens (including phenoxy) is 1. The predicted octanol–water partition coefficient (Wildman–Crippen LogP) is -0.253. The number of rotatable bonds is 10. The molecular weight excluding hydrogens is 208 g/mol. The van der Waals surface area contributed by atoms with E-state index in [4.69, 9.17) is 9.84 Å². The van der Waals surface area contributed by atoms with E-state index in [0.29, 0.717) is 25.6 Å². The molecule has 5 heteroatoms. The van der Waals surface area contributed by atoms with Crippen molar-refractivity contribution in [2.45, 2.75) is 19.8 Å². The lowest BCUT2D eigenvalue weighted by atomic mass is 10.0. The second-order valence-electron chi connectivity index (χ2n) is 3.76. The number of nitrogens with one attached hydrogen (secondary N) is 2. The maximum absolute atomic E-state index is 11.3. The second-order valence-corrected chi connectivity index (χ2v) is 3.76. The summed E-state index contributed by atoms with van der Waals surface area (Å²) in [6.45, 7) is 4.47. The number of carbonyl (C=O) groups is 1. The van der Waals surface area contributed by atoms with Crippen LogP contribution >= 0.6 is 0 Å². The summed E-state index contributed by atoms with van der Waals surface area (Å²) in [4.78, 5) is 11.3. The van der Waals surface area contributed by atoms with Gasteiger partial charge in [0.25, 0.3) is 0 Å². The molecule has 0 saturated heterocycles. The molecule has 16 heavy (non-hydrogen) atoms. The molecule has 0 saturated carbocycles. The molecule has 3 N–H and O–H groups in total. The van der Waals surface area contributed by atoms with Crippen molar-refractivity contribution < 1.29 is 14.6 Å². The van der Waals surface area contributed by atoms with Gasteiger partial charge in [-0.25, -0.2) is 0 Å². The summed E-state index contributed by atoms with van der Waals surface area (Å²) >= 11 is 0. The fourth-order valence-electron chi connectivity index (χ4n) is 1.38. The van der Waals surface area contributed by atoms with Crippen LogP contribution in [-0.4, -0.2) is 51.0 Å². The Balaban J connectivity index is 3.44. The summed E-state index contributed by atoms with van der Waals surface area (Å²) in [6.07, 6.45) is 1.80. The zero-order valence-corrected chi connectivity index (χ0v) is 10.3. The van der Waals surface area contributed by atoms with Crippen LogP contribution in [0.15, 0.2) is 0 Å². The highest BCUT2D eigenvalue weighted by Crippen LogP contribution is 2.04. The van der Waals surface area contributed by atoms with Crippen molar-refractivity contribution in [1.82, 2.24) is 10.6 Å². The number of carbonyl (C=O) groups excluding carboxylic acids is 1. The van der Waals surface area contributed by atoms with Gasteiger partial charge in [0.1, 0.15) is 0 Å². The molecule has 0 rings (SSSR count). The van der Waals surface area contributed by atoms with Gasteiger partial charge in [0.2, 0.25) is 5.91 Å². The molecule has 0 aliphatic heterocycles. The van der Waals surface area contributed by atoms with Crippen molar-refractivity contribution in [1.29, 1.82) is 0 Å². The molecule has 0 aromatic heterocycles. The third-order valence-electron chi connectivity index (χ3n) is 2.46. The Morgan fingerprint density at radius 3 is 2.81 bits per heavy atom. The molecule has 96 valence electrons. The van der Waals surface area contributed by atoms with Crippen LogP contribution in [-0.2, 0) is 9.53 Å². The molecule has 0 bridgehead atoms. The summed E-state index contributed by atoms with van der Waals surface area (Å²) in [5.74, 6) is 0.424. The zero-order chi connectivity index (χ0) is 12.2. The minimum absolute atomic E-state index is 0.0177. The second kappa shape index (κ2) is 10.9. The molecule has 0 aliphatic carbocycles. The first kappa shape index (κ1) is 15.3. The zero-order valence-electron chi connectivity index (χ0n) is 10.3. The van der Waals surface area contributed by atoms with Gasteiger partial charge in [-0.3, -0.25) is 4.79 Å². The van der Waals surface area contributed by atoms with E-state index < -0.39 is 0 Å². The van der Waals surface area contributed by atoms with Crippen LogP contribution in [0.25, 0.3) is 0 Å². The maximum atomic E-state index is 11.3. The summed E-state index contributed by atoms with van der Waals surface area (Å²) in [5.41, 5.74) is 0. The van der Waals surface area contributed by atoms with Crippen LogP contribution in [0.5, 0.6) is 0 Å². The van der Waals surface area contributed by atoms with Gasteiger partial charge in [0.05, 0.1) is 13.2 Å². The number of aliphatic hydroxyl groups excluding tert-OH is 1. The van der Waals surface area contributed by atoms with E-state index >= 15 is 0 Å². The first-order valence-corrected chi connectivity index (χ1v) is 5.81. The minimum atomic E-state index is -0.0177. The fourth-order valence-corrected chi connectivity index (χ4v) is 1.38. The average molecular weight is 232 g/mol. The Morgan fingerprint density at radius 2 is 2.25 bits per heavy atom. The molecule has 0 fully saturated rings. The van der Waals surface area contributed by atoms with Gasteiger partial charge >= 0.3 is 0 Å². The third kappa shape index (κ3) is 8.64. The molecule has 0 radical (unpaired) electrons. The van der Waals surface area contributed by atoms with Gasteiger partial charge in [0, 0.05) is 20.3 Å². The van der Waals surface area contributed by atoms with Gasteiger partial charge < -0.3 is 20.5 Å². The van der Waals surface area contributed by atoms with Gasteiger partial charge in [-0.2, -0.15) is 0 Å². The molecular formula is C11H24N2O3. The first-order valence-electron chi connectivity index (χ1n) is 5.81. The van der Waals surface area contributed by atoms with Crippen LogP contribution in [0.3, 0.4) is 0 Å². The Bertz CT molecular complexity index is 177. The van der Waals surface area contributed by atoms with E-state index in [2.05, 4.69) is 17.6 Å². The first-order chi connectivity index (χ1) is 7.74. The molecule has 5 nitrogen and oxygen atoms in total. The Morgan fingerprint density at radius 1 is 1.50 bits per heavy atom. The average Bonchev–Trinajstić information content (AvgIpc) is 2.28. The summed E-state index contributed by atoms with van der Waals surface area (Å²) < 4.78 is 4.82. The summed E-state index contributed by atoms with van der Waals surface area (Å²) in [7, 11) is 1.60. The number of methoxy groups -OCH3 is 1. The topological polar surface area (TPSA) is 70.6 Å². The SMILES string of the molecule is CCC(CCO)CNCC(=O)NCCOC. The molecule has 0 aromatic carbocycles. The highest BCUT2D eigenvalue weighted by molar-refractivity contribution is 5.77. The van der Waals surface area contributed by atoms with E-state index in [-0.39, 0.29) is 12.5 Å². The van der Waals surface area contributed by atoms with E-state index in [1.165, 1.54) is 0 Å². The van der Waals surface area contributed by atoms with Gasteiger partial charge in [-0.1, -0.05) is 13.3 Å². The Labute approximate surface area is 97.6 Å². The molecule has 0 aliphatic rings. The number of aliphatic hydroxyl groups is 1. The Hall–Kier alpha value is -0.650. The van der Waals surface area contributed by atoms with Gasteiger partial charge in [0.15, 0.2) is 0 Å². The van der Waals surface area contributed by atoms with Crippen molar-refractivity contribution in [2.75, 3.05) is 40.0 Å². The van der Waals surface area contributed by atoms with Crippen LogP contribution < -0.4 is 10.6 Å². The largest absolute Gasteiger partial charge is 0.396 e. The van der Waals surface area contributed by atoms with Crippen molar-refractivity contribution in [3.63, 3.8) is 0 Å². The molecule has 0 spiro atoms. The van der Waals surface area contributed by atoms with Crippen LogP contribution in [0.1, 0.15) is 19.8 Å². The quantitative estimate of drug-likeness (QED) is 0.454. The normalized spacial score (nSPS) is 12.4. The smallest absolute Gasteiger partial charge is 0.234 e. The Kier molecular flexibility index (Phi) is 10.4. The lowest BCUT2D eigenvalue weighted by Crippen LogP contribution is -2.37. The lowest BCUT2D eigenvalue weighted by Gasteiger charge is -2.14. The van der Waals surface area contributed by atoms with E-state index in [1.807, 2.05) is 0 Å². The lowest BCUT2D eigenvalue weighted by molar-refractivity contribution is -0.120. The van der Waals surface area contributed by atoms with Crippen molar-refractivity contribution >= 4 is 5.91 Å². The highest BCUT2D eigenvalue weighted by atomic mass is 16.5. The van der Waals surface area contributed by atoms with Crippen LogP contribution in [0.4, 0.5) is 0 Å². The summed E-state index contributed by atoms with van der Waals surface area (Å²) in [5, 5.41) is 14.6. The number of hydrogen-bond donors (Lipinski definition) is 3. The van der Waals surface area contributed by atoms with Gasteiger partial charge in [-0.05, 0) is 18.9 Å². The van der Waals surface area contributed by atoms with Crippen molar-refractivity contribution in [3.05, 3.63) is 0 Å². The molecule has 1 unspecified atom stereocenters. The monoisotopic (exact) mass is 232 g/mol. The summed E-state index contributed by atoms with van der Waals surface area (Å²) in [6, 6.07) is 0. The van der Waals surface area contributed by atoms with Crippen molar-refractivity contribution in [3.8, 4) is 0 Å². The van der Waals surface area contributed by atoms with E-state index in [9.17, 15) is 4.79 Å². The van der Waals surface area contributed by atoms with E-state index in [1.54, 1.807) is 7.11 Å². The molecule has 1 amide bonds. The molecule has 0 aromatic rings. The third-order valence-corrected chi connectivity index (χ3v) is 2.46. The number of amides is 1. The molecule has 1 atom stereocenters. The minimum Gasteiger partial charge on any atom is -0.396 e. The van der Waals surface area contributed by atoms with Crippen LogP contribution in [0, 0.1) is 5.92 Å². The van der Waals surface area contributed by atoms with Crippen molar-refractivity contribution in [2.24, 2.45) is 5.92 Å². The van der Waals surface area contributed by atoms with E-state index in [0.717, 1.165) is 19.4 Å². The maximum Gasteiger partial charge on any atom is 0.234 e. The predicted molar refractivity (Wildman–Crippen MR) is 63.2 cm³/mol. The standard InChI is InChI=1S/C11H24N2O3/c1-3-10(4-6-14)8-12-9-11(15)13-5-7-16-2/h10,12,14H,3-9H2,1-2H3,(H,13,15). The fraction of sp³-hybridized carbons (Fsp3) is 0.909. The molecule has 0 heterocycles. The highest BCUT2D eigenvalue weighted by Gasteiger charge is 2.06.